The van der Waals surface area contributed by atoms with Crippen LogP contribution in [0.1, 0.15) is 31.2 Å². The molecule has 1 heterocycles. The lowest BCUT2D eigenvalue weighted by atomic mass is 9.98. The van der Waals surface area contributed by atoms with Crippen molar-refractivity contribution in [3.8, 4) is 11.5 Å². The standard InChI is InChI=1S/C16H22O5/c1-20-16-8-11(3-5-15(16)19)2-4-12(17)9-14-10-13(18)6-7-21-14/h3,5,8,13-14,18-19H,2,4,6-7,9-10H2,1H3. The molecule has 2 atom stereocenters. The van der Waals surface area contributed by atoms with Gasteiger partial charge in [-0.3, -0.25) is 4.79 Å². The molecule has 1 fully saturated rings. The van der Waals surface area contributed by atoms with Gasteiger partial charge in [0.15, 0.2) is 11.5 Å². The minimum atomic E-state index is -0.349. The first kappa shape index (κ1) is 15.8. The highest BCUT2D eigenvalue weighted by molar-refractivity contribution is 5.79. The number of methoxy groups -OCH3 is 1. The molecule has 5 nitrogen and oxygen atoms in total. The number of benzene rings is 1. The van der Waals surface area contributed by atoms with Crippen molar-refractivity contribution < 1.29 is 24.5 Å². The number of aryl methyl sites for hydroxylation is 1. The van der Waals surface area contributed by atoms with E-state index >= 15 is 0 Å². The Bertz CT molecular complexity index is 486. The van der Waals surface area contributed by atoms with Crippen molar-refractivity contribution in [2.24, 2.45) is 0 Å². The van der Waals surface area contributed by atoms with Crippen molar-refractivity contribution in [1.82, 2.24) is 0 Å². The first-order valence-electron chi connectivity index (χ1n) is 7.25. The Hall–Kier alpha value is -1.59. The number of rotatable bonds is 6. The maximum atomic E-state index is 12.0. The summed E-state index contributed by atoms with van der Waals surface area (Å²) in [5.74, 6) is 0.636. The maximum Gasteiger partial charge on any atom is 0.160 e. The van der Waals surface area contributed by atoms with Gasteiger partial charge in [-0.25, -0.2) is 0 Å². The van der Waals surface area contributed by atoms with Crippen LogP contribution in [0.4, 0.5) is 0 Å². The van der Waals surface area contributed by atoms with Crippen LogP contribution >= 0.6 is 0 Å². The molecule has 1 saturated heterocycles. The third kappa shape index (κ3) is 4.72. The number of Topliss-reactive ketones (excluding diaryl/α,β-unsaturated/α-hetero) is 1. The molecular formula is C16H22O5. The molecule has 1 aromatic rings. The van der Waals surface area contributed by atoms with Crippen LogP contribution in [-0.2, 0) is 16.0 Å². The highest BCUT2D eigenvalue weighted by atomic mass is 16.5. The fourth-order valence-electron chi connectivity index (χ4n) is 2.52. The van der Waals surface area contributed by atoms with Gasteiger partial charge in [0.2, 0.25) is 0 Å². The van der Waals surface area contributed by atoms with Gasteiger partial charge in [-0.15, -0.1) is 0 Å². The van der Waals surface area contributed by atoms with Crippen LogP contribution in [0.25, 0.3) is 0 Å². The number of hydrogen-bond acceptors (Lipinski definition) is 5. The third-order valence-corrected chi connectivity index (χ3v) is 3.73. The van der Waals surface area contributed by atoms with Gasteiger partial charge in [0.1, 0.15) is 5.78 Å². The number of hydrogen-bond donors (Lipinski definition) is 2. The van der Waals surface area contributed by atoms with Crippen LogP contribution in [0.3, 0.4) is 0 Å². The van der Waals surface area contributed by atoms with Gasteiger partial charge < -0.3 is 19.7 Å². The average molecular weight is 294 g/mol. The van der Waals surface area contributed by atoms with Crippen molar-refractivity contribution in [3.63, 3.8) is 0 Å². The minimum absolute atomic E-state index is 0.0946. The van der Waals surface area contributed by atoms with Crippen LogP contribution in [-0.4, -0.2) is 41.9 Å². The topological polar surface area (TPSA) is 76.0 Å². The van der Waals surface area contributed by atoms with E-state index in [2.05, 4.69) is 0 Å². The zero-order valence-corrected chi connectivity index (χ0v) is 12.2. The number of ketones is 1. The van der Waals surface area contributed by atoms with Gasteiger partial charge in [-0.2, -0.15) is 0 Å². The molecule has 0 radical (unpaired) electrons. The minimum Gasteiger partial charge on any atom is -0.504 e. The molecule has 0 aromatic heterocycles. The largest absolute Gasteiger partial charge is 0.504 e. The molecule has 0 bridgehead atoms. The van der Waals surface area contributed by atoms with Crippen LogP contribution in [0.15, 0.2) is 18.2 Å². The summed E-state index contributed by atoms with van der Waals surface area (Å²) >= 11 is 0. The van der Waals surface area contributed by atoms with Gasteiger partial charge in [-0.1, -0.05) is 6.07 Å². The van der Waals surface area contributed by atoms with E-state index < -0.39 is 0 Å². The molecule has 1 aromatic carbocycles. The number of phenols is 1. The fourth-order valence-corrected chi connectivity index (χ4v) is 2.52. The molecule has 116 valence electrons. The number of carbonyl (C=O) groups is 1. The van der Waals surface area contributed by atoms with E-state index in [-0.39, 0.29) is 23.7 Å². The number of aliphatic hydroxyl groups excluding tert-OH is 1. The molecule has 1 aliphatic heterocycles. The first-order valence-corrected chi connectivity index (χ1v) is 7.25. The molecule has 2 N–H and O–H groups in total. The van der Waals surface area contributed by atoms with E-state index in [0.29, 0.717) is 44.5 Å². The highest BCUT2D eigenvalue weighted by Crippen LogP contribution is 2.27. The normalized spacial score (nSPS) is 22.0. The number of carbonyl (C=O) groups excluding carboxylic acids is 1. The highest BCUT2D eigenvalue weighted by Gasteiger charge is 2.22. The summed E-state index contributed by atoms with van der Waals surface area (Å²) in [6.07, 6.45) is 2.06. The Kier molecular flexibility index (Phi) is 5.59. The smallest absolute Gasteiger partial charge is 0.160 e. The summed E-state index contributed by atoms with van der Waals surface area (Å²) < 4.78 is 10.5. The van der Waals surface area contributed by atoms with Gasteiger partial charge in [0.25, 0.3) is 0 Å². The Morgan fingerprint density at radius 3 is 3.00 bits per heavy atom. The van der Waals surface area contributed by atoms with E-state index in [1.165, 1.54) is 7.11 Å². The molecule has 21 heavy (non-hydrogen) atoms. The number of aliphatic hydroxyl groups is 1. The van der Waals surface area contributed by atoms with Gasteiger partial charge in [0.05, 0.1) is 19.3 Å². The number of ether oxygens (including phenoxy) is 2. The summed E-state index contributed by atoms with van der Waals surface area (Å²) in [6, 6.07) is 5.09. The summed E-state index contributed by atoms with van der Waals surface area (Å²) in [5, 5.41) is 19.1. The summed E-state index contributed by atoms with van der Waals surface area (Å²) in [5.41, 5.74) is 0.947. The van der Waals surface area contributed by atoms with Gasteiger partial charge >= 0.3 is 0 Å². The predicted molar refractivity (Wildman–Crippen MR) is 77.6 cm³/mol. The van der Waals surface area contributed by atoms with Crippen molar-refractivity contribution in [2.45, 2.75) is 44.3 Å². The molecule has 0 aliphatic carbocycles. The molecule has 5 heteroatoms. The third-order valence-electron chi connectivity index (χ3n) is 3.73. The quantitative estimate of drug-likeness (QED) is 0.837. The van der Waals surface area contributed by atoms with E-state index in [0.717, 1.165) is 5.56 Å². The van der Waals surface area contributed by atoms with E-state index in [4.69, 9.17) is 9.47 Å². The second kappa shape index (κ2) is 7.43. The van der Waals surface area contributed by atoms with Gasteiger partial charge in [0, 0.05) is 25.9 Å². The summed E-state index contributed by atoms with van der Waals surface area (Å²) in [6.45, 7) is 0.522. The molecule has 0 amide bonds. The van der Waals surface area contributed by atoms with Crippen LogP contribution in [0.2, 0.25) is 0 Å². The first-order chi connectivity index (χ1) is 10.1. The Morgan fingerprint density at radius 2 is 2.29 bits per heavy atom. The molecule has 2 rings (SSSR count). The zero-order valence-electron chi connectivity index (χ0n) is 12.2. The lowest BCUT2D eigenvalue weighted by Crippen LogP contribution is -2.30. The molecule has 2 unspecified atom stereocenters. The summed E-state index contributed by atoms with van der Waals surface area (Å²) in [7, 11) is 1.50. The number of phenolic OH excluding ortho intramolecular Hbond substituents is 1. The average Bonchev–Trinajstić information content (AvgIpc) is 2.46. The second-order valence-electron chi connectivity index (χ2n) is 5.42. The van der Waals surface area contributed by atoms with E-state index in [1.807, 2.05) is 0 Å². The monoisotopic (exact) mass is 294 g/mol. The van der Waals surface area contributed by atoms with E-state index in [1.54, 1.807) is 18.2 Å². The van der Waals surface area contributed by atoms with Crippen molar-refractivity contribution >= 4 is 5.78 Å². The Labute approximate surface area is 124 Å². The molecule has 0 spiro atoms. The van der Waals surface area contributed by atoms with Crippen molar-refractivity contribution in [3.05, 3.63) is 23.8 Å². The summed E-state index contributed by atoms with van der Waals surface area (Å²) in [4.78, 5) is 12.0. The van der Waals surface area contributed by atoms with Crippen molar-refractivity contribution in [2.75, 3.05) is 13.7 Å². The van der Waals surface area contributed by atoms with Crippen LogP contribution < -0.4 is 4.74 Å². The lowest BCUT2D eigenvalue weighted by molar-refractivity contribution is -0.124. The predicted octanol–water partition coefficient (Wildman–Crippen LogP) is 1.83. The lowest BCUT2D eigenvalue weighted by Gasteiger charge is -2.25. The Morgan fingerprint density at radius 1 is 1.48 bits per heavy atom. The maximum absolute atomic E-state index is 12.0. The zero-order chi connectivity index (χ0) is 15.2. The fraction of sp³-hybridized carbons (Fsp3) is 0.562. The van der Waals surface area contributed by atoms with Crippen LogP contribution in [0.5, 0.6) is 11.5 Å². The second-order valence-corrected chi connectivity index (χ2v) is 5.42. The molecule has 0 saturated carbocycles. The van der Waals surface area contributed by atoms with Gasteiger partial charge in [-0.05, 0) is 30.5 Å². The molecule has 1 aliphatic rings. The van der Waals surface area contributed by atoms with E-state index in [9.17, 15) is 15.0 Å². The van der Waals surface area contributed by atoms with Crippen LogP contribution in [0, 0.1) is 0 Å². The number of aromatic hydroxyl groups is 1. The SMILES string of the molecule is COc1cc(CCC(=O)CC2CC(O)CCO2)ccc1O. The Balaban J connectivity index is 1.81. The van der Waals surface area contributed by atoms with Crippen molar-refractivity contribution in [1.29, 1.82) is 0 Å². The molecular weight excluding hydrogens is 272 g/mol.